The third kappa shape index (κ3) is 3.48. The van der Waals surface area contributed by atoms with Gasteiger partial charge in [0, 0.05) is 12.2 Å². The van der Waals surface area contributed by atoms with Crippen molar-refractivity contribution in [2.45, 2.75) is 43.9 Å². The summed E-state index contributed by atoms with van der Waals surface area (Å²) in [5, 5.41) is 0. The van der Waals surface area contributed by atoms with Gasteiger partial charge in [0.2, 0.25) is 10.0 Å². The quantitative estimate of drug-likeness (QED) is 0.833. The summed E-state index contributed by atoms with van der Waals surface area (Å²) in [6.07, 6.45) is 5.95. The van der Waals surface area contributed by atoms with Crippen LogP contribution in [-0.4, -0.2) is 15.0 Å². The summed E-state index contributed by atoms with van der Waals surface area (Å²) in [6.45, 7) is 2.28. The van der Waals surface area contributed by atoms with Gasteiger partial charge in [-0.1, -0.05) is 25.3 Å². The van der Waals surface area contributed by atoms with E-state index in [1.54, 1.807) is 25.1 Å². The smallest absolute Gasteiger partial charge is 0.240 e. The average Bonchev–Trinajstić information content (AvgIpc) is 2.41. The molecule has 0 aliphatic heterocycles. The molecule has 0 spiro atoms. The van der Waals surface area contributed by atoms with E-state index in [9.17, 15) is 8.42 Å². The maximum Gasteiger partial charge on any atom is 0.240 e. The minimum atomic E-state index is -3.44. The Morgan fingerprint density at radius 3 is 2.63 bits per heavy atom. The first kappa shape index (κ1) is 14.3. The van der Waals surface area contributed by atoms with E-state index in [1.165, 1.54) is 19.3 Å². The minimum Gasteiger partial charge on any atom is -0.398 e. The molecule has 3 N–H and O–H groups in total. The molecule has 0 bridgehead atoms. The molecule has 0 saturated heterocycles. The molecular weight excluding hydrogens is 260 g/mol. The van der Waals surface area contributed by atoms with Gasteiger partial charge in [0.05, 0.1) is 4.90 Å². The molecule has 1 aromatic rings. The number of rotatable bonds is 4. The zero-order valence-electron chi connectivity index (χ0n) is 11.4. The third-order valence-corrected chi connectivity index (χ3v) is 5.47. The van der Waals surface area contributed by atoms with Crippen molar-refractivity contribution in [1.29, 1.82) is 0 Å². The van der Waals surface area contributed by atoms with Crippen LogP contribution in [0.15, 0.2) is 23.1 Å². The largest absolute Gasteiger partial charge is 0.398 e. The lowest BCUT2D eigenvalue weighted by Crippen LogP contribution is -2.30. The van der Waals surface area contributed by atoms with Crippen LogP contribution in [0.1, 0.15) is 37.7 Å². The standard InChI is InChI=1S/C14H22N2O2S/c1-11-13(15)8-5-9-14(11)19(17,18)16-10-12-6-3-2-4-7-12/h5,8-9,12,16H,2-4,6-7,10,15H2,1H3. The van der Waals surface area contributed by atoms with Crippen LogP contribution in [0.4, 0.5) is 5.69 Å². The van der Waals surface area contributed by atoms with Crippen molar-refractivity contribution in [3.8, 4) is 0 Å². The van der Waals surface area contributed by atoms with Crippen LogP contribution in [-0.2, 0) is 10.0 Å². The van der Waals surface area contributed by atoms with E-state index in [0.29, 0.717) is 28.6 Å². The SMILES string of the molecule is Cc1c(N)cccc1S(=O)(=O)NCC1CCCCC1. The van der Waals surface area contributed by atoms with Gasteiger partial charge in [-0.2, -0.15) is 0 Å². The second-order valence-corrected chi connectivity index (χ2v) is 7.06. The first-order valence-electron chi connectivity index (χ1n) is 6.85. The summed E-state index contributed by atoms with van der Waals surface area (Å²) in [7, 11) is -3.44. The van der Waals surface area contributed by atoms with Gasteiger partial charge in [0.15, 0.2) is 0 Å². The molecule has 1 saturated carbocycles. The highest BCUT2D eigenvalue weighted by Gasteiger charge is 2.20. The Balaban J connectivity index is 2.07. The summed E-state index contributed by atoms with van der Waals surface area (Å²) in [6, 6.07) is 5.00. The Labute approximate surface area is 115 Å². The zero-order chi connectivity index (χ0) is 13.9. The van der Waals surface area contributed by atoms with Crippen molar-refractivity contribution in [3.63, 3.8) is 0 Å². The second-order valence-electron chi connectivity index (χ2n) is 5.33. The van der Waals surface area contributed by atoms with E-state index in [0.717, 1.165) is 12.8 Å². The molecule has 0 aromatic heterocycles. The second kappa shape index (κ2) is 5.92. The number of hydrogen-bond donors (Lipinski definition) is 2. The van der Waals surface area contributed by atoms with Crippen LogP contribution in [0.25, 0.3) is 0 Å². The molecule has 1 aliphatic carbocycles. The first-order valence-corrected chi connectivity index (χ1v) is 8.34. The summed E-state index contributed by atoms with van der Waals surface area (Å²) in [4.78, 5) is 0.295. The number of nitrogens with one attached hydrogen (secondary N) is 1. The topological polar surface area (TPSA) is 72.2 Å². The molecule has 1 fully saturated rings. The molecule has 19 heavy (non-hydrogen) atoms. The Morgan fingerprint density at radius 2 is 1.95 bits per heavy atom. The van der Waals surface area contributed by atoms with Crippen LogP contribution >= 0.6 is 0 Å². The minimum absolute atomic E-state index is 0.295. The summed E-state index contributed by atoms with van der Waals surface area (Å²) in [5.74, 6) is 0.477. The Hall–Kier alpha value is -1.07. The van der Waals surface area contributed by atoms with Gasteiger partial charge in [-0.25, -0.2) is 13.1 Å². The van der Waals surface area contributed by atoms with Crippen molar-refractivity contribution in [2.75, 3.05) is 12.3 Å². The Bertz CT molecular complexity index is 534. The fourth-order valence-electron chi connectivity index (χ4n) is 2.62. The molecule has 0 amide bonds. The number of sulfonamides is 1. The monoisotopic (exact) mass is 282 g/mol. The van der Waals surface area contributed by atoms with Gasteiger partial charge in [-0.15, -0.1) is 0 Å². The fourth-order valence-corrected chi connectivity index (χ4v) is 4.01. The normalized spacial score (nSPS) is 17.5. The van der Waals surface area contributed by atoms with Crippen LogP contribution in [0.2, 0.25) is 0 Å². The maximum absolute atomic E-state index is 12.3. The molecule has 1 aliphatic rings. The van der Waals surface area contributed by atoms with Crippen molar-refractivity contribution >= 4 is 15.7 Å². The summed E-state index contributed by atoms with van der Waals surface area (Å²) >= 11 is 0. The van der Waals surface area contributed by atoms with Crippen molar-refractivity contribution in [3.05, 3.63) is 23.8 Å². The number of anilines is 1. The highest BCUT2D eigenvalue weighted by atomic mass is 32.2. The van der Waals surface area contributed by atoms with E-state index < -0.39 is 10.0 Å². The number of hydrogen-bond acceptors (Lipinski definition) is 3. The van der Waals surface area contributed by atoms with E-state index in [-0.39, 0.29) is 0 Å². The van der Waals surface area contributed by atoms with Crippen molar-refractivity contribution < 1.29 is 8.42 Å². The lowest BCUT2D eigenvalue weighted by atomic mass is 9.90. The molecule has 4 nitrogen and oxygen atoms in total. The molecule has 0 radical (unpaired) electrons. The predicted octanol–water partition coefficient (Wildman–Crippen LogP) is 2.44. The number of benzene rings is 1. The van der Waals surface area contributed by atoms with Gasteiger partial charge in [0.25, 0.3) is 0 Å². The predicted molar refractivity (Wildman–Crippen MR) is 77.4 cm³/mol. The van der Waals surface area contributed by atoms with E-state index in [2.05, 4.69) is 4.72 Å². The van der Waals surface area contributed by atoms with E-state index >= 15 is 0 Å². The van der Waals surface area contributed by atoms with Crippen LogP contribution in [0.3, 0.4) is 0 Å². The Kier molecular flexibility index (Phi) is 4.47. The van der Waals surface area contributed by atoms with E-state index in [4.69, 9.17) is 5.73 Å². The van der Waals surface area contributed by atoms with Gasteiger partial charge in [-0.3, -0.25) is 0 Å². The first-order chi connectivity index (χ1) is 9.00. The summed E-state index contributed by atoms with van der Waals surface area (Å²) in [5.41, 5.74) is 6.90. The van der Waals surface area contributed by atoms with Crippen LogP contribution < -0.4 is 10.5 Å². The maximum atomic E-state index is 12.3. The highest BCUT2D eigenvalue weighted by Crippen LogP contribution is 2.24. The van der Waals surface area contributed by atoms with Gasteiger partial charge in [-0.05, 0) is 43.4 Å². The average molecular weight is 282 g/mol. The zero-order valence-corrected chi connectivity index (χ0v) is 12.2. The molecule has 0 unspecified atom stereocenters. The summed E-state index contributed by atoms with van der Waals surface area (Å²) < 4.78 is 27.3. The number of nitrogen functional groups attached to an aromatic ring is 1. The lowest BCUT2D eigenvalue weighted by molar-refractivity contribution is 0.357. The van der Waals surface area contributed by atoms with Crippen LogP contribution in [0.5, 0.6) is 0 Å². The molecule has 0 atom stereocenters. The molecule has 5 heteroatoms. The Morgan fingerprint density at radius 1 is 1.26 bits per heavy atom. The third-order valence-electron chi connectivity index (χ3n) is 3.90. The van der Waals surface area contributed by atoms with Gasteiger partial charge < -0.3 is 5.73 Å². The van der Waals surface area contributed by atoms with Crippen molar-refractivity contribution in [2.24, 2.45) is 5.92 Å². The van der Waals surface area contributed by atoms with Crippen molar-refractivity contribution in [1.82, 2.24) is 4.72 Å². The lowest BCUT2D eigenvalue weighted by Gasteiger charge is -2.22. The van der Waals surface area contributed by atoms with Gasteiger partial charge in [0.1, 0.15) is 0 Å². The van der Waals surface area contributed by atoms with E-state index in [1.807, 2.05) is 0 Å². The molecule has 1 aromatic carbocycles. The highest BCUT2D eigenvalue weighted by molar-refractivity contribution is 7.89. The van der Waals surface area contributed by atoms with Gasteiger partial charge >= 0.3 is 0 Å². The molecule has 106 valence electrons. The molecule has 2 rings (SSSR count). The van der Waals surface area contributed by atoms with Crippen LogP contribution in [0, 0.1) is 12.8 Å². The molecule has 0 heterocycles. The molecular formula is C14H22N2O2S. The fraction of sp³-hybridized carbons (Fsp3) is 0.571. The number of nitrogens with two attached hydrogens (primary N) is 1.